The van der Waals surface area contributed by atoms with Crippen molar-refractivity contribution in [2.75, 3.05) is 0 Å². The van der Waals surface area contributed by atoms with E-state index in [-0.39, 0.29) is 0 Å². The Kier molecular flexibility index (Phi) is 4.78. The lowest BCUT2D eigenvalue weighted by Crippen LogP contribution is -2.32. The zero-order chi connectivity index (χ0) is 24.6. The minimum absolute atomic E-state index is 0.438. The van der Waals surface area contributed by atoms with Gasteiger partial charge in [0.15, 0.2) is 0 Å². The number of hydrogen-bond donors (Lipinski definition) is 0. The minimum atomic E-state index is -0.438. The molecular formula is C35H25ClS. The first kappa shape index (κ1) is 21.8. The zero-order valence-electron chi connectivity index (χ0n) is 20.4. The van der Waals surface area contributed by atoms with Gasteiger partial charge in [0.2, 0.25) is 0 Å². The van der Waals surface area contributed by atoms with Gasteiger partial charge in [-0.05, 0) is 87.9 Å². The van der Waals surface area contributed by atoms with Crippen molar-refractivity contribution in [3.8, 4) is 22.3 Å². The van der Waals surface area contributed by atoms with E-state index in [4.69, 9.17) is 11.6 Å². The molecule has 0 saturated carbocycles. The summed E-state index contributed by atoms with van der Waals surface area (Å²) < 4.78 is 0. The van der Waals surface area contributed by atoms with Crippen LogP contribution in [0.1, 0.15) is 46.2 Å². The molecule has 37 heavy (non-hydrogen) atoms. The van der Waals surface area contributed by atoms with E-state index in [0.717, 1.165) is 11.4 Å². The first-order valence-electron chi connectivity index (χ1n) is 13.2. The van der Waals surface area contributed by atoms with E-state index >= 15 is 0 Å². The van der Waals surface area contributed by atoms with Gasteiger partial charge in [-0.2, -0.15) is 0 Å². The highest BCUT2D eigenvalue weighted by atomic mass is 35.5. The van der Waals surface area contributed by atoms with Crippen molar-refractivity contribution >= 4 is 23.4 Å². The summed E-state index contributed by atoms with van der Waals surface area (Å²) >= 11 is 9.20. The second kappa shape index (κ2) is 8.12. The van der Waals surface area contributed by atoms with Crippen LogP contribution >= 0.6 is 23.4 Å². The molecule has 1 spiro atoms. The monoisotopic (exact) mass is 512 g/mol. The fourth-order valence-electron chi connectivity index (χ4n) is 7.16. The number of benzene rings is 5. The number of halogens is 1. The summed E-state index contributed by atoms with van der Waals surface area (Å²) in [6, 6.07) is 38.2. The highest BCUT2D eigenvalue weighted by Gasteiger charge is 2.51. The second-order valence-corrected chi connectivity index (χ2v) is 11.8. The largest absolute Gasteiger partial charge is 0.0887 e. The minimum Gasteiger partial charge on any atom is -0.0887 e. The normalized spacial score (nSPS) is 15.9. The van der Waals surface area contributed by atoms with Gasteiger partial charge in [0, 0.05) is 20.4 Å². The van der Waals surface area contributed by atoms with E-state index in [1.807, 2.05) is 11.8 Å². The molecule has 0 radical (unpaired) electrons. The van der Waals surface area contributed by atoms with Crippen molar-refractivity contribution in [1.82, 2.24) is 0 Å². The van der Waals surface area contributed by atoms with Crippen molar-refractivity contribution in [1.29, 1.82) is 0 Å². The molecule has 0 unspecified atom stereocenters. The van der Waals surface area contributed by atoms with E-state index < -0.39 is 5.41 Å². The van der Waals surface area contributed by atoms with Gasteiger partial charge in [-0.25, -0.2) is 0 Å². The molecule has 0 saturated heterocycles. The van der Waals surface area contributed by atoms with Crippen molar-refractivity contribution in [2.24, 2.45) is 0 Å². The maximum Gasteiger partial charge on any atom is 0.0750 e. The third-order valence-corrected chi connectivity index (χ3v) is 10.1. The summed E-state index contributed by atoms with van der Waals surface area (Å²) in [6.07, 6.45) is 4.88. The number of hydrogen-bond acceptors (Lipinski definition) is 1. The van der Waals surface area contributed by atoms with Gasteiger partial charge in [-0.1, -0.05) is 114 Å². The lowest BCUT2D eigenvalue weighted by atomic mass is 9.67. The van der Waals surface area contributed by atoms with Crippen LogP contribution in [-0.2, 0) is 18.3 Å². The standard InChI is InChI=1S/C35H25ClS/c36-31-21-20-27(24-15-9-11-22-10-1-2-12-23(22)24)34-33(31)35(30-18-7-8-19-32(30)37-34)28-16-5-3-13-25(28)26-14-4-6-17-29(26)35/h3-9,11,13-21H,1-2,10,12H2. The smallest absolute Gasteiger partial charge is 0.0750 e. The van der Waals surface area contributed by atoms with Gasteiger partial charge < -0.3 is 0 Å². The van der Waals surface area contributed by atoms with Crippen LogP contribution in [0.3, 0.4) is 0 Å². The highest BCUT2D eigenvalue weighted by Crippen LogP contribution is 2.64. The first-order valence-corrected chi connectivity index (χ1v) is 14.4. The summed E-state index contributed by atoms with van der Waals surface area (Å²) in [5.74, 6) is 0. The molecule has 178 valence electrons. The Balaban J connectivity index is 1.53. The van der Waals surface area contributed by atoms with Crippen molar-refractivity contribution < 1.29 is 0 Å². The van der Waals surface area contributed by atoms with Gasteiger partial charge >= 0.3 is 0 Å². The Bertz CT molecular complexity index is 1680. The first-order chi connectivity index (χ1) is 18.3. The van der Waals surface area contributed by atoms with E-state index in [1.165, 1.54) is 84.7 Å². The van der Waals surface area contributed by atoms with Gasteiger partial charge in [0.05, 0.1) is 5.41 Å². The average Bonchev–Trinajstić information content (AvgIpc) is 3.24. The summed E-state index contributed by atoms with van der Waals surface area (Å²) in [4.78, 5) is 2.62. The van der Waals surface area contributed by atoms with E-state index in [0.29, 0.717) is 0 Å². The molecule has 0 aromatic heterocycles. The van der Waals surface area contributed by atoms with E-state index in [1.54, 1.807) is 0 Å². The van der Waals surface area contributed by atoms with Gasteiger partial charge in [0.25, 0.3) is 0 Å². The Hall–Kier alpha value is -3.26. The van der Waals surface area contributed by atoms with Crippen molar-refractivity contribution in [3.05, 3.63) is 142 Å². The molecule has 5 aromatic rings. The third-order valence-electron chi connectivity index (χ3n) is 8.62. The van der Waals surface area contributed by atoms with E-state index in [9.17, 15) is 0 Å². The maximum absolute atomic E-state index is 7.30. The fraction of sp³-hybridized carbons (Fsp3) is 0.143. The molecule has 0 fully saturated rings. The molecule has 5 aromatic carbocycles. The van der Waals surface area contributed by atoms with Gasteiger partial charge in [-0.3, -0.25) is 0 Å². The molecule has 0 amide bonds. The Morgan fingerprint density at radius 1 is 0.568 bits per heavy atom. The molecular weight excluding hydrogens is 488 g/mol. The van der Waals surface area contributed by atoms with Crippen LogP contribution in [0, 0.1) is 0 Å². The molecule has 8 rings (SSSR count). The van der Waals surface area contributed by atoms with Crippen LogP contribution in [-0.4, -0.2) is 0 Å². The van der Waals surface area contributed by atoms with Crippen LogP contribution < -0.4 is 0 Å². The molecule has 0 atom stereocenters. The SMILES string of the molecule is Clc1ccc(-c2cccc3c2CCCC3)c2c1C1(c3ccccc3S2)c2ccccc2-c2ccccc21. The summed E-state index contributed by atoms with van der Waals surface area (Å²) in [6.45, 7) is 0. The van der Waals surface area contributed by atoms with Gasteiger partial charge in [-0.15, -0.1) is 0 Å². The zero-order valence-corrected chi connectivity index (χ0v) is 22.0. The highest BCUT2D eigenvalue weighted by molar-refractivity contribution is 7.99. The second-order valence-electron chi connectivity index (χ2n) is 10.4. The van der Waals surface area contributed by atoms with Crippen LogP contribution in [0.4, 0.5) is 0 Å². The lowest BCUT2D eigenvalue weighted by molar-refractivity contribution is 0.686. The summed E-state index contributed by atoms with van der Waals surface area (Å²) in [5, 5.41) is 0.844. The molecule has 0 nitrogen and oxygen atoms in total. The molecule has 3 aliphatic rings. The Morgan fingerprint density at radius 3 is 2.00 bits per heavy atom. The average molecular weight is 513 g/mol. The molecule has 2 heteroatoms. The number of aryl methyl sites for hydroxylation is 1. The van der Waals surface area contributed by atoms with Crippen LogP contribution in [0.2, 0.25) is 5.02 Å². The summed E-state index contributed by atoms with van der Waals surface area (Å²) in [7, 11) is 0. The topological polar surface area (TPSA) is 0 Å². The quantitative estimate of drug-likeness (QED) is 0.211. The molecule has 1 aliphatic heterocycles. The summed E-state index contributed by atoms with van der Waals surface area (Å²) in [5.41, 5.74) is 13.2. The Morgan fingerprint density at radius 2 is 1.22 bits per heavy atom. The fourth-order valence-corrected chi connectivity index (χ4v) is 8.87. The molecule has 1 heterocycles. The predicted molar refractivity (Wildman–Crippen MR) is 155 cm³/mol. The third kappa shape index (κ3) is 2.87. The van der Waals surface area contributed by atoms with E-state index in [2.05, 4.69) is 103 Å². The van der Waals surface area contributed by atoms with Crippen LogP contribution in [0.5, 0.6) is 0 Å². The van der Waals surface area contributed by atoms with Gasteiger partial charge in [0.1, 0.15) is 0 Å². The maximum atomic E-state index is 7.30. The van der Waals surface area contributed by atoms with Crippen LogP contribution in [0.25, 0.3) is 22.3 Å². The molecule has 2 aliphatic carbocycles. The molecule has 0 bridgehead atoms. The molecule has 0 N–H and O–H groups in total. The van der Waals surface area contributed by atoms with Crippen LogP contribution in [0.15, 0.2) is 113 Å². The predicted octanol–water partition coefficient (Wildman–Crippen LogP) is 9.71. The van der Waals surface area contributed by atoms with Crippen molar-refractivity contribution in [3.63, 3.8) is 0 Å². The lowest BCUT2D eigenvalue weighted by Gasteiger charge is -2.41. The number of rotatable bonds is 1. The Labute approximate surface area is 227 Å². The van der Waals surface area contributed by atoms with Crippen molar-refractivity contribution in [2.45, 2.75) is 40.9 Å². The number of fused-ring (bicyclic) bond motifs is 10.